The molecule has 0 bridgehead atoms. The van der Waals surface area contributed by atoms with Gasteiger partial charge < -0.3 is 10.3 Å². The van der Waals surface area contributed by atoms with Gasteiger partial charge in [0.2, 0.25) is 5.91 Å². The van der Waals surface area contributed by atoms with Crippen LogP contribution in [0.25, 0.3) is 11.0 Å². The van der Waals surface area contributed by atoms with Gasteiger partial charge in [0.1, 0.15) is 5.69 Å². The fraction of sp³-hybridized carbons (Fsp3) is 0.267. The molecule has 0 saturated heterocycles. The Hall–Kier alpha value is -2.48. The van der Waals surface area contributed by atoms with Gasteiger partial charge in [0.05, 0.1) is 22.8 Å². The molecule has 1 aliphatic rings. The van der Waals surface area contributed by atoms with Crippen LogP contribution in [0.4, 0.5) is 0 Å². The number of fused-ring (bicyclic) bond motifs is 1. The summed E-state index contributed by atoms with van der Waals surface area (Å²) in [6.45, 7) is 0. The molecule has 1 aliphatic heterocycles. The van der Waals surface area contributed by atoms with Crippen molar-refractivity contribution < 1.29 is 13.2 Å². The number of aromatic amines is 1. The Morgan fingerprint density at radius 2 is 2.13 bits per heavy atom. The number of hydrogen-bond acceptors (Lipinski definition) is 5. The molecule has 2 aromatic rings. The lowest BCUT2D eigenvalue weighted by molar-refractivity contribution is -0.121. The first-order valence-corrected chi connectivity index (χ1v) is 8.83. The first-order valence-electron chi connectivity index (χ1n) is 7.11. The molecule has 0 unspecified atom stereocenters. The van der Waals surface area contributed by atoms with E-state index in [1.165, 1.54) is 6.08 Å². The number of rotatable bonds is 4. The van der Waals surface area contributed by atoms with E-state index >= 15 is 0 Å². The number of H-pyrrole nitrogens is 1. The molecule has 2 heterocycles. The van der Waals surface area contributed by atoms with Crippen molar-refractivity contribution in [3.05, 3.63) is 51.8 Å². The smallest absolute Gasteiger partial charge is 0.270 e. The lowest BCUT2D eigenvalue weighted by Gasteiger charge is -2.09. The Morgan fingerprint density at radius 3 is 2.87 bits per heavy atom. The number of sulfone groups is 1. The lowest BCUT2D eigenvalue weighted by Crippen LogP contribution is -2.35. The average Bonchev–Trinajstić information content (AvgIpc) is 2.84. The zero-order valence-corrected chi connectivity index (χ0v) is 13.0. The third-order valence-electron chi connectivity index (χ3n) is 3.54. The minimum absolute atomic E-state index is 0.0683. The van der Waals surface area contributed by atoms with Crippen LogP contribution >= 0.6 is 0 Å². The molecule has 7 nitrogen and oxygen atoms in total. The molecule has 2 N–H and O–H groups in total. The first kappa shape index (κ1) is 15.4. The van der Waals surface area contributed by atoms with Crippen LogP contribution in [-0.2, 0) is 21.1 Å². The highest BCUT2D eigenvalue weighted by molar-refractivity contribution is 7.94. The van der Waals surface area contributed by atoms with Gasteiger partial charge in [-0.25, -0.2) is 13.4 Å². The predicted molar refractivity (Wildman–Crippen MR) is 85.5 cm³/mol. The summed E-state index contributed by atoms with van der Waals surface area (Å²) in [6, 6.07) is 6.65. The quantitative estimate of drug-likeness (QED) is 0.835. The summed E-state index contributed by atoms with van der Waals surface area (Å²) in [6.07, 6.45) is 1.71. The van der Waals surface area contributed by atoms with Crippen molar-refractivity contribution in [1.82, 2.24) is 15.3 Å². The Balaban J connectivity index is 1.64. The zero-order valence-electron chi connectivity index (χ0n) is 12.2. The van der Waals surface area contributed by atoms with Crippen LogP contribution in [0.1, 0.15) is 12.1 Å². The van der Waals surface area contributed by atoms with Crippen molar-refractivity contribution in [3.63, 3.8) is 0 Å². The molecule has 0 spiro atoms. The summed E-state index contributed by atoms with van der Waals surface area (Å²) in [5.41, 5.74) is 1.27. The Labute approximate surface area is 132 Å². The molecule has 0 saturated carbocycles. The number of carbonyl (C=O) groups excluding carboxylic acids is 1. The summed E-state index contributed by atoms with van der Waals surface area (Å²) in [5, 5.41) is 3.72. The first-order chi connectivity index (χ1) is 10.9. The summed E-state index contributed by atoms with van der Waals surface area (Å²) in [7, 11) is -3.20. The highest BCUT2D eigenvalue weighted by atomic mass is 32.2. The van der Waals surface area contributed by atoms with E-state index in [0.29, 0.717) is 11.0 Å². The van der Waals surface area contributed by atoms with E-state index in [0.717, 1.165) is 5.41 Å². The van der Waals surface area contributed by atoms with Crippen LogP contribution in [0.3, 0.4) is 0 Å². The topological polar surface area (TPSA) is 109 Å². The van der Waals surface area contributed by atoms with Gasteiger partial charge >= 0.3 is 0 Å². The number of amides is 1. The number of para-hydroxylation sites is 2. The average molecular weight is 333 g/mol. The Bertz CT molecular complexity index is 947. The van der Waals surface area contributed by atoms with Gasteiger partial charge in [-0.2, -0.15) is 0 Å². The fourth-order valence-corrected chi connectivity index (χ4v) is 3.65. The lowest BCUT2D eigenvalue weighted by atomic mass is 10.2. The summed E-state index contributed by atoms with van der Waals surface area (Å²) < 4.78 is 22.6. The largest absolute Gasteiger partial charge is 0.349 e. The number of benzene rings is 1. The third-order valence-corrected chi connectivity index (χ3v) is 4.93. The minimum atomic E-state index is -3.20. The van der Waals surface area contributed by atoms with Crippen molar-refractivity contribution >= 4 is 26.8 Å². The number of carbonyl (C=O) groups is 1. The van der Waals surface area contributed by atoms with Gasteiger partial charge in [-0.3, -0.25) is 9.59 Å². The maximum absolute atomic E-state index is 11.9. The van der Waals surface area contributed by atoms with E-state index in [-0.39, 0.29) is 35.8 Å². The molecular formula is C15H15N3O4S. The molecule has 3 rings (SSSR count). The molecule has 1 aromatic carbocycles. The van der Waals surface area contributed by atoms with Gasteiger partial charge in [-0.1, -0.05) is 12.1 Å². The van der Waals surface area contributed by atoms with E-state index < -0.39 is 15.9 Å². The second-order valence-electron chi connectivity index (χ2n) is 5.36. The predicted octanol–water partition coefficient (Wildman–Crippen LogP) is 0.283. The molecule has 0 aliphatic carbocycles. The summed E-state index contributed by atoms with van der Waals surface area (Å²) in [4.78, 5) is 30.8. The standard InChI is InChI=1S/C15H15N3O4S/c19-14(16-10-7-8-23(21,22)9-10)6-5-13-15(20)18-12-4-2-1-3-11(12)17-13/h1-4,7-8,10H,5-6,9H2,(H,16,19)(H,18,20)/t10-/m1/s1. The number of hydrogen-bond donors (Lipinski definition) is 2. The van der Waals surface area contributed by atoms with Crippen LogP contribution in [0.2, 0.25) is 0 Å². The van der Waals surface area contributed by atoms with Gasteiger partial charge in [0.15, 0.2) is 9.84 Å². The molecule has 0 radical (unpaired) electrons. The van der Waals surface area contributed by atoms with E-state index in [4.69, 9.17) is 0 Å². The van der Waals surface area contributed by atoms with Gasteiger partial charge in [0, 0.05) is 18.2 Å². The van der Waals surface area contributed by atoms with Gasteiger partial charge in [-0.15, -0.1) is 0 Å². The van der Waals surface area contributed by atoms with Crippen molar-refractivity contribution in [2.45, 2.75) is 18.9 Å². The van der Waals surface area contributed by atoms with Gasteiger partial charge in [-0.05, 0) is 18.2 Å². The molecular weight excluding hydrogens is 318 g/mol. The molecule has 0 fully saturated rings. The maximum Gasteiger partial charge on any atom is 0.270 e. The Kier molecular flexibility index (Phi) is 3.99. The highest BCUT2D eigenvalue weighted by Gasteiger charge is 2.22. The fourth-order valence-electron chi connectivity index (χ4n) is 2.41. The van der Waals surface area contributed by atoms with Crippen LogP contribution < -0.4 is 10.9 Å². The molecule has 120 valence electrons. The number of nitrogens with one attached hydrogen (secondary N) is 2. The summed E-state index contributed by atoms with van der Waals surface area (Å²) in [5.74, 6) is -0.431. The molecule has 23 heavy (non-hydrogen) atoms. The maximum atomic E-state index is 11.9. The SMILES string of the molecule is O=C(CCc1nc2ccccc2[nH]c1=O)N[C@@H]1C=CS(=O)(=O)C1. The highest BCUT2D eigenvalue weighted by Crippen LogP contribution is 2.09. The number of aromatic nitrogens is 2. The van der Waals surface area contributed by atoms with E-state index in [2.05, 4.69) is 15.3 Å². The van der Waals surface area contributed by atoms with E-state index in [1.807, 2.05) is 6.07 Å². The molecule has 8 heteroatoms. The molecule has 1 amide bonds. The van der Waals surface area contributed by atoms with E-state index in [1.54, 1.807) is 18.2 Å². The second-order valence-corrected chi connectivity index (χ2v) is 7.29. The molecule has 1 atom stereocenters. The van der Waals surface area contributed by atoms with Crippen LogP contribution in [-0.4, -0.2) is 36.1 Å². The van der Waals surface area contributed by atoms with Crippen LogP contribution in [0.5, 0.6) is 0 Å². The third kappa shape index (κ3) is 3.65. The van der Waals surface area contributed by atoms with Crippen LogP contribution in [0, 0.1) is 0 Å². The van der Waals surface area contributed by atoms with Gasteiger partial charge in [0.25, 0.3) is 5.56 Å². The normalized spacial score (nSPS) is 19.0. The minimum Gasteiger partial charge on any atom is -0.349 e. The number of nitrogens with zero attached hydrogens (tertiary/aromatic N) is 1. The second kappa shape index (κ2) is 5.96. The number of aryl methyl sites for hydroxylation is 1. The van der Waals surface area contributed by atoms with E-state index in [9.17, 15) is 18.0 Å². The summed E-state index contributed by atoms with van der Waals surface area (Å²) >= 11 is 0. The monoisotopic (exact) mass is 333 g/mol. The van der Waals surface area contributed by atoms with Crippen molar-refractivity contribution in [2.75, 3.05) is 5.75 Å². The van der Waals surface area contributed by atoms with Crippen LogP contribution in [0.15, 0.2) is 40.5 Å². The zero-order chi connectivity index (χ0) is 16.4. The Morgan fingerprint density at radius 1 is 1.35 bits per heavy atom. The van der Waals surface area contributed by atoms with Crippen molar-refractivity contribution in [3.8, 4) is 0 Å². The molecule has 1 aromatic heterocycles. The van der Waals surface area contributed by atoms with Crippen molar-refractivity contribution in [2.24, 2.45) is 0 Å². The van der Waals surface area contributed by atoms with Crippen molar-refractivity contribution in [1.29, 1.82) is 0 Å².